The molecule has 2 amide bonds. The summed E-state index contributed by atoms with van der Waals surface area (Å²) >= 11 is 0. The van der Waals surface area contributed by atoms with Crippen molar-refractivity contribution < 1.29 is 26.4 Å². The standard InChI is InChI=1S/C25H28N4O6S2/c1-28(2)37(34,35)21-15-13-20(14-16-21)29(36(3,32)33)18-24(30)27-23-12-8-7-11-22(23)25(31)26-17-19-9-5-4-6-10-19/h4-16H,17-18H2,1-3H3,(H,26,31)(H,27,30). The van der Waals surface area contributed by atoms with E-state index in [0.717, 1.165) is 20.4 Å². The smallest absolute Gasteiger partial charge is 0.253 e. The minimum absolute atomic E-state index is 0.0189. The Kier molecular flexibility index (Phi) is 8.69. The van der Waals surface area contributed by atoms with Crippen LogP contribution < -0.4 is 14.9 Å². The van der Waals surface area contributed by atoms with E-state index in [1.54, 1.807) is 24.3 Å². The molecule has 0 aliphatic carbocycles. The van der Waals surface area contributed by atoms with E-state index in [1.807, 2.05) is 30.3 Å². The van der Waals surface area contributed by atoms with Gasteiger partial charge in [-0.15, -0.1) is 0 Å². The summed E-state index contributed by atoms with van der Waals surface area (Å²) in [5.41, 5.74) is 1.46. The molecule has 0 bridgehead atoms. The number of nitrogens with one attached hydrogen (secondary N) is 2. The molecule has 0 radical (unpaired) electrons. The lowest BCUT2D eigenvalue weighted by Crippen LogP contribution is -2.37. The van der Waals surface area contributed by atoms with Crippen molar-refractivity contribution in [3.8, 4) is 0 Å². The van der Waals surface area contributed by atoms with Gasteiger partial charge in [0.15, 0.2) is 0 Å². The van der Waals surface area contributed by atoms with Crippen LogP contribution >= 0.6 is 0 Å². The van der Waals surface area contributed by atoms with Gasteiger partial charge in [0.2, 0.25) is 26.0 Å². The number of hydrogen-bond acceptors (Lipinski definition) is 6. The molecule has 12 heteroatoms. The highest BCUT2D eigenvalue weighted by atomic mass is 32.2. The molecule has 196 valence electrons. The first kappa shape index (κ1) is 27.8. The molecule has 0 aliphatic rings. The average molecular weight is 545 g/mol. The number of rotatable bonds is 10. The molecular weight excluding hydrogens is 516 g/mol. The van der Waals surface area contributed by atoms with Crippen LogP contribution in [0.3, 0.4) is 0 Å². The number of carbonyl (C=O) groups is 2. The Bertz CT molecular complexity index is 1470. The van der Waals surface area contributed by atoms with E-state index < -0.39 is 38.4 Å². The Morgan fingerprint density at radius 1 is 0.811 bits per heavy atom. The fraction of sp³-hybridized carbons (Fsp3) is 0.200. The maximum atomic E-state index is 12.9. The zero-order valence-electron chi connectivity index (χ0n) is 20.6. The van der Waals surface area contributed by atoms with Crippen molar-refractivity contribution in [2.45, 2.75) is 11.4 Å². The van der Waals surface area contributed by atoms with Crippen molar-refractivity contribution in [1.29, 1.82) is 0 Å². The summed E-state index contributed by atoms with van der Waals surface area (Å²) in [6.07, 6.45) is 0.940. The summed E-state index contributed by atoms with van der Waals surface area (Å²) in [6.45, 7) is -0.290. The maximum absolute atomic E-state index is 12.9. The van der Waals surface area contributed by atoms with E-state index in [1.165, 1.54) is 38.4 Å². The molecular formula is C25H28N4O6S2. The average Bonchev–Trinajstić information content (AvgIpc) is 2.86. The highest BCUT2D eigenvalue weighted by molar-refractivity contribution is 7.92. The van der Waals surface area contributed by atoms with Crippen molar-refractivity contribution in [2.24, 2.45) is 0 Å². The molecule has 0 saturated carbocycles. The van der Waals surface area contributed by atoms with Gasteiger partial charge in [-0.05, 0) is 42.0 Å². The summed E-state index contributed by atoms with van der Waals surface area (Å²) in [5, 5.41) is 5.40. The molecule has 37 heavy (non-hydrogen) atoms. The first-order valence-electron chi connectivity index (χ1n) is 11.1. The van der Waals surface area contributed by atoms with Crippen LogP contribution in [0.4, 0.5) is 11.4 Å². The molecule has 2 N–H and O–H groups in total. The third kappa shape index (κ3) is 7.15. The van der Waals surface area contributed by atoms with E-state index in [-0.39, 0.29) is 21.8 Å². The predicted molar refractivity (Wildman–Crippen MR) is 142 cm³/mol. The zero-order valence-corrected chi connectivity index (χ0v) is 22.2. The number of sulfonamides is 2. The van der Waals surface area contributed by atoms with Crippen molar-refractivity contribution in [2.75, 3.05) is 36.5 Å². The quantitative estimate of drug-likeness (QED) is 0.402. The maximum Gasteiger partial charge on any atom is 0.253 e. The van der Waals surface area contributed by atoms with Gasteiger partial charge in [-0.25, -0.2) is 21.1 Å². The molecule has 0 aromatic heterocycles. The van der Waals surface area contributed by atoms with Gasteiger partial charge < -0.3 is 10.6 Å². The summed E-state index contributed by atoms with van der Waals surface area (Å²) < 4.78 is 51.4. The summed E-state index contributed by atoms with van der Waals surface area (Å²) in [7, 11) is -4.84. The van der Waals surface area contributed by atoms with Gasteiger partial charge in [0.25, 0.3) is 5.91 Å². The van der Waals surface area contributed by atoms with Crippen LogP contribution in [0.2, 0.25) is 0 Å². The van der Waals surface area contributed by atoms with Gasteiger partial charge in [-0.1, -0.05) is 42.5 Å². The second-order valence-corrected chi connectivity index (χ2v) is 12.4. The largest absolute Gasteiger partial charge is 0.348 e. The van der Waals surface area contributed by atoms with E-state index in [9.17, 15) is 26.4 Å². The lowest BCUT2D eigenvalue weighted by Gasteiger charge is -2.22. The lowest BCUT2D eigenvalue weighted by atomic mass is 10.1. The van der Waals surface area contributed by atoms with Crippen LogP contribution in [0.5, 0.6) is 0 Å². The lowest BCUT2D eigenvalue weighted by molar-refractivity contribution is -0.114. The first-order chi connectivity index (χ1) is 17.4. The third-order valence-corrected chi connectivity index (χ3v) is 8.30. The molecule has 0 fully saturated rings. The zero-order chi connectivity index (χ0) is 27.2. The SMILES string of the molecule is CN(C)S(=O)(=O)c1ccc(N(CC(=O)Nc2ccccc2C(=O)NCc2ccccc2)S(C)(=O)=O)cc1. The normalized spacial score (nSPS) is 11.7. The molecule has 0 unspecified atom stereocenters. The number of para-hydroxylation sites is 1. The van der Waals surface area contributed by atoms with Crippen molar-refractivity contribution in [3.05, 3.63) is 90.0 Å². The van der Waals surface area contributed by atoms with Gasteiger partial charge in [-0.2, -0.15) is 0 Å². The predicted octanol–water partition coefficient (Wildman–Crippen LogP) is 2.27. The monoisotopic (exact) mass is 544 g/mol. The molecule has 10 nitrogen and oxygen atoms in total. The number of amides is 2. The fourth-order valence-corrected chi connectivity index (χ4v) is 5.14. The van der Waals surface area contributed by atoms with E-state index in [2.05, 4.69) is 10.6 Å². The number of benzene rings is 3. The molecule has 0 saturated heterocycles. The fourth-order valence-electron chi connectivity index (χ4n) is 3.38. The molecule has 0 aliphatic heterocycles. The van der Waals surface area contributed by atoms with Gasteiger partial charge in [-0.3, -0.25) is 13.9 Å². The van der Waals surface area contributed by atoms with Crippen LogP contribution in [0.15, 0.2) is 83.8 Å². The number of nitrogens with zero attached hydrogens (tertiary/aromatic N) is 2. The number of carbonyl (C=O) groups excluding carboxylic acids is 2. The van der Waals surface area contributed by atoms with E-state index >= 15 is 0 Å². The highest BCUT2D eigenvalue weighted by Gasteiger charge is 2.23. The molecule has 0 atom stereocenters. The van der Waals surface area contributed by atoms with Crippen LogP contribution in [-0.4, -0.2) is 59.9 Å². The Morgan fingerprint density at radius 2 is 1.41 bits per heavy atom. The summed E-state index contributed by atoms with van der Waals surface area (Å²) in [4.78, 5) is 25.6. The van der Waals surface area contributed by atoms with Gasteiger partial charge in [0, 0.05) is 20.6 Å². The van der Waals surface area contributed by atoms with Crippen molar-refractivity contribution >= 4 is 43.2 Å². The van der Waals surface area contributed by atoms with E-state index in [0.29, 0.717) is 6.54 Å². The van der Waals surface area contributed by atoms with Gasteiger partial charge in [0.1, 0.15) is 6.54 Å². The highest BCUT2D eigenvalue weighted by Crippen LogP contribution is 2.22. The van der Waals surface area contributed by atoms with E-state index in [4.69, 9.17) is 0 Å². The molecule has 0 spiro atoms. The minimum Gasteiger partial charge on any atom is -0.348 e. The number of hydrogen-bond donors (Lipinski definition) is 2. The van der Waals surface area contributed by atoms with Crippen LogP contribution in [-0.2, 0) is 31.4 Å². The molecule has 3 rings (SSSR count). The summed E-state index contributed by atoms with van der Waals surface area (Å²) in [5.74, 6) is -1.09. The first-order valence-corrected chi connectivity index (χ1v) is 14.4. The van der Waals surface area contributed by atoms with Gasteiger partial charge in [0.05, 0.1) is 28.1 Å². The topological polar surface area (TPSA) is 133 Å². The molecule has 3 aromatic carbocycles. The summed E-state index contributed by atoms with van der Waals surface area (Å²) in [6, 6.07) is 20.9. The van der Waals surface area contributed by atoms with Crippen LogP contribution in [0, 0.1) is 0 Å². The van der Waals surface area contributed by atoms with Gasteiger partial charge >= 0.3 is 0 Å². The third-order valence-electron chi connectivity index (χ3n) is 5.33. The molecule has 3 aromatic rings. The Morgan fingerprint density at radius 3 is 2.00 bits per heavy atom. The Hall–Kier alpha value is -3.74. The number of anilines is 2. The minimum atomic E-state index is -3.90. The second kappa shape index (κ2) is 11.5. The van der Waals surface area contributed by atoms with Crippen LogP contribution in [0.25, 0.3) is 0 Å². The van der Waals surface area contributed by atoms with Crippen molar-refractivity contribution in [1.82, 2.24) is 9.62 Å². The second-order valence-electron chi connectivity index (χ2n) is 8.31. The van der Waals surface area contributed by atoms with Crippen LogP contribution in [0.1, 0.15) is 15.9 Å². The van der Waals surface area contributed by atoms with Crippen molar-refractivity contribution in [3.63, 3.8) is 0 Å². The molecule has 0 heterocycles. The Balaban J connectivity index is 1.76. The Labute approximate surface area is 217 Å².